The summed E-state index contributed by atoms with van der Waals surface area (Å²) in [5.74, 6) is 0. The maximum atomic E-state index is 10.5. The van der Waals surface area contributed by atoms with Crippen LogP contribution in [0.15, 0.2) is 30.3 Å². The van der Waals surface area contributed by atoms with Crippen LogP contribution >= 0.6 is 0 Å². The van der Waals surface area contributed by atoms with Crippen LogP contribution in [0.2, 0.25) is 0 Å². The van der Waals surface area contributed by atoms with Gasteiger partial charge in [-0.3, -0.25) is 4.90 Å². The molecular formula is C13H16N2O. The number of benzene rings is 1. The highest BCUT2D eigenvalue weighted by atomic mass is 16.3. The summed E-state index contributed by atoms with van der Waals surface area (Å²) in [6.07, 6.45) is 1.41. The third kappa shape index (κ3) is 2.24. The lowest BCUT2D eigenvalue weighted by molar-refractivity contribution is -0.0230. The summed E-state index contributed by atoms with van der Waals surface area (Å²) >= 11 is 0. The largest absolute Gasteiger partial charge is 0.385 e. The van der Waals surface area contributed by atoms with Gasteiger partial charge in [-0.1, -0.05) is 30.3 Å². The van der Waals surface area contributed by atoms with Crippen LogP contribution < -0.4 is 0 Å². The van der Waals surface area contributed by atoms with E-state index >= 15 is 0 Å². The molecule has 0 amide bonds. The summed E-state index contributed by atoms with van der Waals surface area (Å²) < 4.78 is 0. The van der Waals surface area contributed by atoms with E-state index in [4.69, 9.17) is 5.26 Å². The minimum Gasteiger partial charge on any atom is -0.385 e. The second kappa shape index (κ2) is 4.65. The molecule has 0 aromatic heterocycles. The SMILES string of the molecule is N#CCN1CCC(O)(c2ccccc2)CC1. The number of nitrogens with zero attached hydrogens (tertiary/aromatic N) is 2. The highest BCUT2D eigenvalue weighted by molar-refractivity contribution is 5.22. The summed E-state index contributed by atoms with van der Waals surface area (Å²) in [5.41, 5.74) is 0.291. The van der Waals surface area contributed by atoms with E-state index in [2.05, 4.69) is 11.0 Å². The molecule has 1 aliphatic heterocycles. The molecule has 0 radical (unpaired) electrons. The summed E-state index contributed by atoms with van der Waals surface area (Å²) in [6.45, 7) is 2.04. The Labute approximate surface area is 95.9 Å². The van der Waals surface area contributed by atoms with Crippen LogP contribution in [0.4, 0.5) is 0 Å². The van der Waals surface area contributed by atoms with Crippen molar-refractivity contribution in [1.82, 2.24) is 4.90 Å². The number of likely N-dealkylation sites (tertiary alicyclic amines) is 1. The van der Waals surface area contributed by atoms with Crippen LogP contribution in [0.5, 0.6) is 0 Å². The van der Waals surface area contributed by atoms with Gasteiger partial charge in [-0.05, 0) is 18.4 Å². The Morgan fingerprint density at radius 3 is 2.44 bits per heavy atom. The Morgan fingerprint density at radius 1 is 1.25 bits per heavy atom. The number of nitriles is 1. The average Bonchev–Trinajstić information content (AvgIpc) is 2.34. The minimum absolute atomic E-state index is 0.463. The fraction of sp³-hybridized carbons (Fsp3) is 0.462. The van der Waals surface area contributed by atoms with Crippen molar-refractivity contribution < 1.29 is 5.11 Å². The molecule has 2 rings (SSSR count). The maximum Gasteiger partial charge on any atom is 0.0920 e. The smallest absolute Gasteiger partial charge is 0.0920 e. The Morgan fingerprint density at radius 2 is 1.88 bits per heavy atom. The quantitative estimate of drug-likeness (QED) is 0.762. The van der Waals surface area contributed by atoms with Gasteiger partial charge in [-0.15, -0.1) is 0 Å². The minimum atomic E-state index is -0.701. The summed E-state index contributed by atoms with van der Waals surface area (Å²) in [6, 6.07) is 12.0. The van der Waals surface area contributed by atoms with E-state index in [0.29, 0.717) is 19.4 Å². The zero-order valence-electron chi connectivity index (χ0n) is 9.26. The molecule has 0 saturated carbocycles. The van der Waals surface area contributed by atoms with Crippen molar-refractivity contribution in [3.63, 3.8) is 0 Å². The van der Waals surface area contributed by atoms with Gasteiger partial charge in [-0.2, -0.15) is 5.26 Å². The van der Waals surface area contributed by atoms with Crippen molar-refractivity contribution in [3.8, 4) is 6.07 Å². The number of aliphatic hydroxyl groups is 1. The Bertz CT molecular complexity index is 375. The van der Waals surface area contributed by atoms with Crippen molar-refractivity contribution in [2.24, 2.45) is 0 Å². The van der Waals surface area contributed by atoms with E-state index in [0.717, 1.165) is 18.7 Å². The predicted molar refractivity (Wildman–Crippen MR) is 61.6 cm³/mol. The summed E-state index contributed by atoms with van der Waals surface area (Å²) in [7, 11) is 0. The molecule has 1 aliphatic rings. The van der Waals surface area contributed by atoms with Crippen LogP contribution in [-0.2, 0) is 5.60 Å². The van der Waals surface area contributed by atoms with Gasteiger partial charge in [0.05, 0.1) is 18.2 Å². The zero-order valence-corrected chi connectivity index (χ0v) is 9.26. The normalized spacial score (nSPS) is 20.2. The maximum absolute atomic E-state index is 10.5. The van der Waals surface area contributed by atoms with Gasteiger partial charge in [0.2, 0.25) is 0 Å². The number of hydrogen-bond acceptors (Lipinski definition) is 3. The Hall–Kier alpha value is -1.37. The van der Waals surface area contributed by atoms with Crippen LogP contribution in [0.25, 0.3) is 0 Å². The number of rotatable bonds is 2. The lowest BCUT2D eigenvalue weighted by Crippen LogP contribution is -2.42. The molecule has 1 N–H and O–H groups in total. The lowest BCUT2D eigenvalue weighted by Gasteiger charge is -2.37. The fourth-order valence-electron chi connectivity index (χ4n) is 2.22. The molecule has 1 fully saturated rings. The monoisotopic (exact) mass is 216 g/mol. The van der Waals surface area contributed by atoms with Gasteiger partial charge in [0.25, 0.3) is 0 Å². The molecule has 1 saturated heterocycles. The third-order valence-electron chi connectivity index (χ3n) is 3.29. The first-order valence-corrected chi connectivity index (χ1v) is 5.62. The Balaban J connectivity index is 2.05. The van der Waals surface area contributed by atoms with Crippen LogP contribution in [0.1, 0.15) is 18.4 Å². The molecular weight excluding hydrogens is 200 g/mol. The van der Waals surface area contributed by atoms with Gasteiger partial charge in [0.15, 0.2) is 0 Å². The first-order valence-electron chi connectivity index (χ1n) is 5.62. The van der Waals surface area contributed by atoms with E-state index in [1.165, 1.54) is 0 Å². The van der Waals surface area contributed by atoms with E-state index in [-0.39, 0.29) is 0 Å². The molecule has 0 atom stereocenters. The first-order chi connectivity index (χ1) is 7.74. The van der Waals surface area contributed by atoms with Gasteiger partial charge in [0.1, 0.15) is 0 Å². The average molecular weight is 216 g/mol. The molecule has 3 heteroatoms. The molecule has 1 aromatic carbocycles. The molecule has 16 heavy (non-hydrogen) atoms. The van der Waals surface area contributed by atoms with E-state index in [9.17, 15) is 5.11 Å². The fourth-order valence-corrected chi connectivity index (χ4v) is 2.22. The molecule has 1 heterocycles. The molecule has 0 aliphatic carbocycles. The van der Waals surface area contributed by atoms with Crippen LogP contribution in [-0.4, -0.2) is 29.6 Å². The van der Waals surface area contributed by atoms with Crippen LogP contribution in [0.3, 0.4) is 0 Å². The van der Waals surface area contributed by atoms with Crippen molar-refractivity contribution >= 4 is 0 Å². The molecule has 0 spiro atoms. The van der Waals surface area contributed by atoms with Gasteiger partial charge >= 0.3 is 0 Å². The highest BCUT2D eigenvalue weighted by Gasteiger charge is 2.33. The van der Waals surface area contributed by atoms with E-state index in [1.807, 2.05) is 30.3 Å². The molecule has 84 valence electrons. The van der Waals surface area contributed by atoms with Crippen LogP contribution in [0, 0.1) is 11.3 Å². The first kappa shape index (κ1) is 11.1. The topological polar surface area (TPSA) is 47.3 Å². The predicted octanol–water partition coefficient (Wildman–Crippen LogP) is 1.49. The number of piperidine rings is 1. The molecule has 0 unspecified atom stereocenters. The zero-order chi connectivity index (χ0) is 11.4. The third-order valence-corrected chi connectivity index (χ3v) is 3.29. The second-order valence-electron chi connectivity index (χ2n) is 4.33. The summed E-state index contributed by atoms with van der Waals surface area (Å²) in [4.78, 5) is 2.08. The van der Waals surface area contributed by atoms with E-state index < -0.39 is 5.60 Å². The van der Waals surface area contributed by atoms with Gasteiger partial charge in [0, 0.05) is 13.1 Å². The van der Waals surface area contributed by atoms with Crippen molar-refractivity contribution in [2.45, 2.75) is 18.4 Å². The Kier molecular flexibility index (Phi) is 3.23. The summed E-state index contributed by atoms with van der Waals surface area (Å²) in [5, 5.41) is 19.1. The second-order valence-corrected chi connectivity index (χ2v) is 4.33. The standard InChI is InChI=1S/C13H16N2O/c14-8-11-15-9-6-13(16,7-10-15)12-4-2-1-3-5-12/h1-5,16H,6-7,9-11H2. The number of hydrogen-bond donors (Lipinski definition) is 1. The van der Waals surface area contributed by atoms with Crippen molar-refractivity contribution in [3.05, 3.63) is 35.9 Å². The van der Waals surface area contributed by atoms with Crippen molar-refractivity contribution in [1.29, 1.82) is 5.26 Å². The lowest BCUT2D eigenvalue weighted by atomic mass is 9.84. The highest BCUT2D eigenvalue weighted by Crippen LogP contribution is 2.32. The van der Waals surface area contributed by atoms with Gasteiger partial charge in [-0.25, -0.2) is 0 Å². The molecule has 0 bridgehead atoms. The van der Waals surface area contributed by atoms with E-state index in [1.54, 1.807) is 0 Å². The van der Waals surface area contributed by atoms with Crippen molar-refractivity contribution in [2.75, 3.05) is 19.6 Å². The molecule has 3 nitrogen and oxygen atoms in total. The van der Waals surface area contributed by atoms with Gasteiger partial charge < -0.3 is 5.11 Å². The molecule has 1 aromatic rings.